The predicted molar refractivity (Wildman–Crippen MR) is 155 cm³/mol. The van der Waals surface area contributed by atoms with Crippen molar-refractivity contribution >= 4 is 46.2 Å². The number of hydrogen-bond donors (Lipinski definition) is 1. The Morgan fingerprint density at radius 1 is 0.833 bits per heavy atom. The minimum Gasteiger partial charge on any atom is -0.481 e. The molecule has 0 radical (unpaired) electrons. The van der Waals surface area contributed by atoms with Crippen LogP contribution in [0.4, 0.5) is 0 Å². The van der Waals surface area contributed by atoms with E-state index < -0.39 is 14.3 Å². The molecule has 3 aromatic carbocycles. The number of carbonyl (C=O) groups is 1. The molecule has 36 heavy (non-hydrogen) atoms. The monoisotopic (exact) mass is 540 g/mol. The van der Waals surface area contributed by atoms with Gasteiger partial charge in [0.2, 0.25) is 0 Å². The molecule has 3 rings (SSSR count). The van der Waals surface area contributed by atoms with Crippen LogP contribution in [-0.2, 0) is 20.4 Å². The summed E-state index contributed by atoms with van der Waals surface area (Å²) in [6.07, 6.45) is 1.96. The molecule has 0 atom stereocenters. The van der Waals surface area contributed by atoms with Crippen molar-refractivity contribution in [2.45, 2.75) is 50.0 Å². The minimum atomic E-state index is -2.46. The molecule has 0 saturated heterocycles. The van der Waals surface area contributed by atoms with Crippen molar-refractivity contribution in [2.24, 2.45) is 0 Å². The molecule has 7 heteroatoms. The van der Waals surface area contributed by atoms with E-state index in [2.05, 4.69) is 81.4 Å². The zero-order valence-corrected chi connectivity index (χ0v) is 23.9. The summed E-state index contributed by atoms with van der Waals surface area (Å²) < 4.78 is 12.7. The molecule has 0 aliphatic rings. The van der Waals surface area contributed by atoms with Crippen molar-refractivity contribution in [1.82, 2.24) is 0 Å². The van der Waals surface area contributed by atoms with Crippen molar-refractivity contribution in [3.8, 4) is 0 Å². The summed E-state index contributed by atoms with van der Waals surface area (Å²) in [5.41, 5.74) is 0.813. The average Bonchev–Trinajstić information content (AvgIpc) is 2.86. The smallest absolute Gasteiger partial charge is 0.307 e. The first-order valence-corrected chi connectivity index (χ1v) is 16.5. The second kappa shape index (κ2) is 14.0. The predicted octanol–water partition coefficient (Wildman–Crippen LogP) is 6.38. The van der Waals surface area contributed by atoms with Gasteiger partial charge in [-0.1, -0.05) is 115 Å². The standard InChI is InChI=1S/C29H36O4S2Si/c1-29(2,3)36(26-12-6-4-7-13-26,27-14-8-5-9-15-27)33-21-11-10-20-32-23-34-35-25-18-16-24(17-19-25)22-28(30)31/h4-9,12-19H,10-11,20-23H2,1-3H3,(H,30,31). The van der Waals surface area contributed by atoms with Gasteiger partial charge in [-0.15, -0.1) is 0 Å². The lowest BCUT2D eigenvalue weighted by molar-refractivity contribution is -0.136. The first-order chi connectivity index (χ1) is 17.3. The van der Waals surface area contributed by atoms with Crippen LogP contribution in [0.15, 0.2) is 89.8 Å². The van der Waals surface area contributed by atoms with Crippen molar-refractivity contribution in [3.63, 3.8) is 0 Å². The van der Waals surface area contributed by atoms with Gasteiger partial charge in [-0.25, -0.2) is 0 Å². The zero-order valence-electron chi connectivity index (χ0n) is 21.3. The summed E-state index contributed by atoms with van der Waals surface area (Å²) >= 11 is 0. The van der Waals surface area contributed by atoms with Crippen molar-refractivity contribution in [1.29, 1.82) is 0 Å². The van der Waals surface area contributed by atoms with Gasteiger partial charge in [0.25, 0.3) is 8.32 Å². The molecule has 1 N–H and O–H groups in total. The van der Waals surface area contributed by atoms with E-state index in [1.165, 1.54) is 10.4 Å². The van der Waals surface area contributed by atoms with Gasteiger partial charge < -0.3 is 14.3 Å². The number of ether oxygens (including phenoxy) is 1. The Bertz CT molecular complexity index is 1010. The highest BCUT2D eigenvalue weighted by Crippen LogP contribution is 2.37. The van der Waals surface area contributed by atoms with E-state index in [1.54, 1.807) is 21.6 Å². The van der Waals surface area contributed by atoms with Gasteiger partial charge in [-0.2, -0.15) is 0 Å². The van der Waals surface area contributed by atoms with Crippen LogP contribution >= 0.6 is 21.6 Å². The van der Waals surface area contributed by atoms with Gasteiger partial charge in [0.15, 0.2) is 0 Å². The molecule has 0 fully saturated rings. The lowest BCUT2D eigenvalue weighted by atomic mass is 10.2. The lowest BCUT2D eigenvalue weighted by Gasteiger charge is -2.43. The summed E-state index contributed by atoms with van der Waals surface area (Å²) in [5, 5.41) is 11.5. The maximum Gasteiger partial charge on any atom is 0.307 e. The maximum atomic E-state index is 10.8. The molecule has 0 unspecified atom stereocenters. The Morgan fingerprint density at radius 2 is 1.39 bits per heavy atom. The van der Waals surface area contributed by atoms with Crippen molar-refractivity contribution in [3.05, 3.63) is 90.5 Å². The zero-order chi connectivity index (χ0) is 25.9. The van der Waals surface area contributed by atoms with Gasteiger partial charge in [0, 0.05) is 18.1 Å². The highest BCUT2D eigenvalue weighted by Gasteiger charge is 2.49. The molecule has 0 saturated carbocycles. The van der Waals surface area contributed by atoms with E-state index in [1.807, 2.05) is 24.3 Å². The Morgan fingerprint density at radius 3 is 1.92 bits per heavy atom. The number of unbranched alkanes of at least 4 members (excludes halogenated alkanes) is 1. The van der Waals surface area contributed by atoms with Crippen LogP contribution in [0.1, 0.15) is 39.2 Å². The summed E-state index contributed by atoms with van der Waals surface area (Å²) in [5.74, 6) is -0.202. The molecule has 4 nitrogen and oxygen atoms in total. The van der Waals surface area contributed by atoms with E-state index >= 15 is 0 Å². The number of carboxylic acid groups (broad SMARTS) is 1. The third kappa shape index (κ3) is 7.98. The van der Waals surface area contributed by atoms with Crippen molar-refractivity contribution < 1.29 is 19.1 Å². The van der Waals surface area contributed by atoms with Crippen LogP contribution in [0, 0.1) is 0 Å². The number of rotatable bonds is 14. The lowest BCUT2D eigenvalue weighted by Crippen LogP contribution is -2.66. The number of benzene rings is 3. The van der Waals surface area contributed by atoms with Crippen LogP contribution in [0.2, 0.25) is 5.04 Å². The fourth-order valence-corrected chi connectivity index (χ4v) is 10.6. The number of carboxylic acids is 1. The summed E-state index contributed by atoms with van der Waals surface area (Å²) in [6, 6.07) is 29.1. The second-order valence-corrected chi connectivity index (χ2v) is 16.3. The van der Waals surface area contributed by atoms with Crippen LogP contribution in [0.5, 0.6) is 0 Å². The van der Waals surface area contributed by atoms with Crippen molar-refractivity contribution in [2.75, 3.05) is 19.2 Å². The molecule has 0 heterocycles. The van der Waals surface area contributed by atoms with E-state index in [4.69, 9.17) is 14.3 Å². The Kier molecular flexibility index (Phi) is 11.1. The number of aliphatic carboxylic acids is 1. The molecule has 0 amide bonds. The first kappa shape index (κ1) is 28.5. The maximum absolute atomic E-state index is 10.8. The SMILES string of the molecule is CC(C)(C)[Si](OCCCCOCSSc1ccc(CC(=O)O)cc1)(c1ccccc1)c1ccccc1. The van der Waals surface area contributed by atoms with E-state index in [0.717, 1.165) is 23.3 Å². The highest BCUT2D eigenvalue weighted by atomic mass is 33.1. The largest absolute Gasteiger partial charge is 0.481 e. The molecule has 0 aliphatic carbocycles. The quantitative estimate of drug-likeness (QED) is 0.111. The van der Waals surface area contributed by atoms with Gasteiger partial charge in [0.1, 0.15) is 5.94 Å². The van der Waals surface area contributed by atoms with Gasteiger partial charge in [-0.3, -0.25) is 4.79 Å². The third-order valence-corrected chi connectivity index (χ3v) is 13.1. The summed E-state index contributed by atoms with van der Waals surface area (Å²) in [4.78, 5) is 11.9. The van der Waals surface area contributed by atoms with E-state index in [9.17, 15) is 4.79 Å². The summed E-state index contributed by atoms with van der Waals surface area (Å²) in [6.45, 7) is 8.32. The van der Waals surface area contributed by atoms with Gasteiger partial charge >= 0.3 is 5.97 Å². The number of hydrogen-bond acceptors (Lipinski definition) is 5. The van der Waals surface area contributed by atoms with Crippen LogP contribution in [-0.4, -0.2) is 38.5 Å². The Labute approximate surface area is 224 Å². The average molecular weight is 541 g/mol. The molecule has 0 aromatic heterocycles. The topological polar surface area (TPSA) is 55.8 Å². The van der Waals surface area contributed by atoms with Gasteiger partial charge in [-0.05, 0) is 45.9 Å². The van der Waals surface area contributed by atoms with Crippen LogP contribution < -0.4 is 10.4 Å². The third-order valence-electron chi connectivity index (χ3n) is 5.98. The van der Waals surface area contributed by atoms with Gasteiger partial charge in [0.05, 0.1) is 6.42 Å². The van der Waals surface area contributed by atoms with Crippen LogP contribution in [0.3, 0.4) is 0 Å². The Balaban J connectivity index is 1.45. The normalized spacial score (nSPS) is 12.0. The molecule has 0 aliphatic heterocycles. The highest BCUT2D eigenvalue weighted by molar-refractivity contribution is 8.76. The fraction of sp³-hybridized carbons (Fsp3) is 0.345. The Hall–Kier alpha value is -2.03. The first-order valence-electron chi connectivity index (χ1n) is 12.3. The molecule has 192 valence electrons. The van der Waals surface area contributed by atoms with Crippen LogP contribution in [0.25, 0.3) is 0 Å². The molecular formula is C29H36O4S2Si. The fourth-order valence-electron chi connectivity index (χ4n) is 4.32. The second-order valence-electron chi connectivity index (χ2n) is 9.66. The van der Waals surface area contributed by atoms with E-state index in [-0.39, 0.29) is 11.5 Å². The molecule has 3 aromatic rings. The molecule has 0 spiro atoms. The van der Waals surface area contributed by atoms with E-state index in [0.29, 0.717) is 19.2 Å². The minimum absolute atomic E-state index is 0.00804. The molecular weight excluding hydrogens is 505 g/mol. The summed E-state index contributed by atoms with van der Waals surface area (Å²) in [7, 11) is 0.826. The molecule has 0 bridgehead atoms.